The van der Waals surface area contributed by atoms with Crippen molar-refractivity contribution in [3.63, 3.8) is 0 Å². The monoisotopic (exact) mass is 355 g/mol. The summed E-state index contributed by atoms with van der Waals surface area (Å²) in [6.45, 7) is -0.446. The summed E-state index contributed by atoms with van der Waals surface area (Å²) in [7, 11) is 0. The molecule has 5 atom stereocenters. The van der Waals surface area contributed by atoms with Gasteiger partial charge in [-0.15, -0.1) is 0 Å². The maximum atomic E-state index is 10.3. The summed E-state index contributed by atoms with van der Waals surface area (Å²) in [4.78, 5) is 0. The van der Waals surface area contributed by atoms with E-state index in [-0.39, 0.29) is 0 Å². The van der Waals surface area contributed by atoms with Gasteiger partial charge < -0.3 is 29.7 Å². The second-order valence-electron chi connectivity index (χ2n) is 6.58. The highest BCUT2D eigenvalue weighted by Gasteiger charge is 2.44. The first kappa shape index (κ1) is 17.2. The molecule has 3 aromatic rings. The van der Waals surface area contributed by atoms with Crippen LogP contribution in [0.1, 0.15) is 6.23 Å². The Kier molecular flexibility index (Phi) is 4.52. The van der Waals surface area contributed by atoms with Crippen molar-refractivity contribution >= 4 is 10.9 Å². The van der Waals surface area contributed by atoms with Gasteiger partial charge >= 0.3 is 0 Å². The maximum absolute atomic E-state index is 10.3. The zero-order valence-electron chi connectivity index (χ0n) is 14.0. The van der Waals surface area contributed by atoms with Crippen LogP contribution in [0.25, 0.3) is 22.0 Å². The van der Waals surface area contributed by atoms with Gasteiger partial charge in [-0.05, 0) is 29.3 Å². The lowest BCUT2D eigenvalue weighted by Gasteiger charge is -2.40. The molecule has 0 radical (unpaired) electrons. The molecule has 0 unspecified atom stereocenters. The zero-order chi connectivity index (χ0) is 18.3. The summed E-state index contributed by atoms with van der Waals surface area (Å²) < 4.78 is 7.37. The predicted molar refractivity (Wildman–Crippen MR) is 96.4 cm³/mol. The molecule has 6 heteroatoms. The van der Waals surface area contributed by atoms with Gasteiger partial charge in [0.15, 0.2) is 6.23 Å². The van der Waals surface area contributed by atoms with Crippen molar-refractivity contribution < 1.29 is 25.2 Å². The fraction of sp³-hybridized carbons (Fsp3) is 0.300. The Morgan fingerprint density at radius 1 is 0.846 bits per heavy atom. The third-order valence-electron chi connectivity index (χ3n) is 4.97. The van der Waals surface area contributed by atoms with Gasteiger partial charge in [-0.3, -0.25) is 0 Å². The van der Waals surface area contributed by atoms with Crippen molar-refractivity contribution in [2.75, 3.05) is 6.61 Å². The highest BCUT2D eigenvalue weighted by molar-refractivity contribution is 5.85. The van der Waals surface area contributed by atoms with Crippen molar-refractivity contribution in [1.29, 1.82) is 0 Å². The topological polar surface area (TPSA) is 95.1 Å². The lowest BCUT2D eigenvalue weighted by Crippen LogP contribution is -2.56. The van der Waals surface area contributed by atoms with Gasteiger partial charge in [-0.2, -0.15) is 0 Å². The number of fused-ring (bicyclic) bond motifs is 1. The molecule has 4 rings (SSSR count). The quantitative estimate of drug-likeness (QED) is 0.568. The van der Waals surface area contributed by atoms with E-state index in [1.807, 2.05) is 54.6 Å². The van der Waals surface area contributed by atoms with Gasteiger partial charge in [-0.25, -0.2) is 0 Å². The summed E-state index contributed by atoms with van der Waals surface area (Å²) in [6, 6.07) is 17.9. The average molecular weight is 355 g/mol. The average Bonchev–Trinajstić information content (AvgIpc) is 3.10. The molecule has 0 spiro atoms. The van der Waals surface area contributed by atoms with Crippen molar-refractivity contribution in [1.82, 2.24) is 4.57 Å². The molecule has 4 N–H and O–H groups in total. The van der Waals surface area contributed by atoms with Crippen LogP contribution < -0.4 is 0 Å². The van der Waals surface area contributed by atoms with Crippen molar-refractivity contribution in [3.05, 3.63) is 60.8 Å². The molecule has 1 fully saturated rings. The van der Waals surface area contributed by atoms with E-state index in [9.17, 15) is 20.4 Å². The highest BCUT2D eigenvalue weighted by Crippen LogP contribution is 2.33. The summed E-state index contributed by atoms with van der Waals surface area (Å²) in [5, 5.41) is 40.7. The molecular formula is C20H21NO5. The summed E-state index contributed by atoms with van der Waals surface area (Å²) >= 11 is 0. The van der Waals surface area contributed by atoms with Crippen LogP contribution in [0.3, 0.4) is 0 Å². The number of rotatable bonds is 3. The third kappa shape index (κ3) is 2.82. The van der Waals surface area contributed by atoms with E-state index in [4.69, 9.17) is 4.74 Å². The lowest BCUT2D eigenvalue weighted by atomic mass is 9.98. The fourth-order valence-corrected chi connectivity index (χ4v) is 3.51. The Balaban J connectivity index is 1.71. The van der Waals surface area contributed by atoms with Crippen LogP contribution in [0.5, 0.6) is 0 Å². The standard InChI is InChI=1S/C20H21NO5/c22-11-16-17(23)18(24)19(25)20(26-16)21-9-8-14-10-13(6-7-15(14)21)12-4-2-1-3-5-12/h1-10,16-20,22-25H,11H2/t16-,17-,18+,19-,20-/m1/s1. The van der Waals surface area contributed by atoms with E-state index in [0.717, 1.165) is 22.0 Å². The van der Waals surface area contributed by atoms with Gasteiger partial charge in [0.25, 0.3) is 0 Å². The van der Waals surface area contributed by atoms with Crippen LogP contribution in [0.4, 0.5) is 0 Å². The minimum Gasteiger partial charge on any atom is -0.394 e. The number of hydrogen-bond acceptors (Lipinski definition) is 5. The van der Waals surface area contributed by atoms with Crippen molar-refractivity contribution in [2.45, 2.75) is 30.6 Å². The molecule has 0 aliphatic carbocycles. The number of benzene rings is 2. The Labute approximate surface area is 150 Å². The van der Waals surface area contributed by atoms with Crippen LogP contribution in [-0.2, 0) is 4.74 Å². The predicted octanol–water partition coefficient (Wildman–Crippen LogP) is 1.28. The number of hydrogen-bond donors (Lipinski definition) is 4. The first-order valence-electron chi connectivity index (χ1n) is 8.56. The maximum Gasteiger partial charge on any atom is 0.163 e. The van der Waals surface area contributed by atoms with Crippen molar-refractivity contribution in [3.8, 4) is 11.1 Å². The molecule has 26 heavy (non-hydrogen) atoms. The first-order chi connectivity index (χ1) is 12.6. The van der Waals surface area contributed by atoms with Crippen LogP contribution in [0.15, 0.2) is 60.8 Å². The Bertz CT molecular complexity index is 892. The second-order valence-corrected chi connectivity index (χ2v) is 6.58. The normalized spacial score (nSPS) is 29.2. The van der Waals surface area contributed by atoms with Gasteiger partial charge in [0.2, 0.25) is 0 Å². The molecule has 6 nitrogen and oxygen atoms in total. The fourth-order valence-electron chi connectivity index (χ4n) is 3.51. The highest BCUT2D eigenvalue weighted by atomic mass is 16.6. The molecule has 1 aliphatic heterocycles. The van der Waals surface area contributed by atoms with Gasteiger partial charge in [0, 0.05) is 11.6 Å². The Hall–Kier alpha value is -2.22. The van der Waals surface area contributed by atoms with Crippen LogP contribution >= 0.6 is 0 Å². The Morgan fingerprint density at radius 2 is 1.62 bits per heavy atom. The summed E-state index contributed by atoms with van der Waals surface area (Å²) in [5.41, 5.74) is 3.01. The number of ether oxygens (including phenoxy) is 1. The molecule has 0 saturated carbocycles. The van der Waals surface area contributed by atoms with E-state index in [0.29, 0.717) is 0 Å². The molecule has 0 bridgehead atoms. The number of nitrogens with zero attached hydrogens (tertiary/aromatic N) is 1. The molecule has 136 valence electrons. The minimum atomic E-state index is -1.40. The van der Waals surface area contributed by atoms with E-state index in [1.54, 1.807) is 10.8 Å². The molecule has 1 saturated heterocycles. The van der Waals surface area contributed by atoms with Crippen LogP contribution in [0.2, 0.25) is 0 Å². The molecule has 2 aromatic carbocycles. The number of aliphatic hydroxyl groups is 4. The van der Waals surface area contributed by atoms with E-state index in [2.05, 4.69) is 0 Å². The third-order valence-corrected chi connectivity index (χ3v) is 4.97. The summed E-state index contributed by atoms with van der Waals surface area (Å²) in [6.07, 6.45) is -4.13. The van der Waals surface area contributed by atoms with Gasteiger partial charge in [-0.1, -0.05) is 36.4 Å². The van der Waals surface area contributed by atoms with E-state index >= 15 is 0 Å². The van der Waals surface area contributed by atoms with Gasteiger partial charge in [0.1, 0.15) is 24.4 Å². The first-order valence-corrected chi connectivity index (χ1v) is 8.56. The summed E-state index contributed by atoms with van der Waals surface area (Å²) in [5.74, 6) is 0. The smallest absolute Gasteiger partial charge is 0.163 e. The lowest BCUT2D eigenvalue weighted by molar-refractivity contribution is -0.250. The van der Waals surface area contributed by atoms with E-state index < -0.39 is 37.3 Å². The van der Waals surface area contributed by atoms with E-state index in [1.165, 1.54) is 0 Å². The minimum absolute atomic E-state index is 0.446. The number of aromatic nitrogens is 1. The van der Waals surface area contributed by atoms with Crippen LogP contribution in [-0.4, -0.2) is 56.0 Å². The molecule has 1 aliphatic rings. The largest absolute Gasteiger partial charge is 0.394 e. The molecule has 1 aromatic heterocycles. The van der Waals surface area contributed by atoms with Crippen LogP contribution in [0, 0.1) is 0 Å². The zero-order valence-corrected chi connectivity index (χ0v) is 14.0. The van der Waals surface area contributed by atoms with Gasteiger partial charge in [0.05, 0.1) is 12.1 Å². The number of aliphatic hydroxyl groups excluding tert-OH is 4. The molecule has 2 heterocycles. The Morgan fingerprint density at radius 3 is 2.35 bits per heavy atom. The molecule has 0 amide bonds. The van der Waals surface area contributed by atoms with Crippen molar-refractivity contribution in [2.24, 2.45) is 0 Å². The molecular weight excluding hydrogens is 334 g/mol. The second kappa shape index (κ2) is 6.83. The SMILES string of the molecule is OC[C@H]1O[C@@H](n2ccc3cc(-c4ccccc4)ccc32)[C@H](O)[C@@H](O)[C@@H]1O.